The molecule has 0 unspecified atom stereocenters. The molecule has 2 aromatic rings. The van der Waals surface area contributed by atoms with Crippen molar-refractivity contribution in [3.05, 3.63) is 54.1 Å². The summed E-state index contributed by atoms with van der Waals surface area (Å²) in [6, 6.07) is 15.4. The standard InChI is InChI=1S/C18H21NO3S/c1-21-15-11-14(12-16(13-15)22-2)18(20)19-9-6-10-23-17-7-4-3-5-8-17/h3-5,7-8,11-13H,6,9-10H2,1-2H3,(H,19,20). The molecular formula is C18H21NO3S. The van der Waals surface area contributed by atoms with E-state index in [4.69, 9.17) is 9.47 Å². The average Bonchev–Trinajstić information content (AvgIpc) is 2.61. The zero-order valence-corrected chi connectivity index (χ0v) is 14.2. The first-order valence-corrected chi connectivity index (χ1v) is 8.40. The van der Waals surface area contributed by atoms with E-state index >= 15 is 0 Å². The van der Waals surface area contributed by atoms with Crippen LogP contribution in [0.15, 0.2) is 53.4 Å². The Labute approximate surface area is 141 Å². The van der Waals surface area contributed by atoms with Crippen LogP contribution >= 0.6 is 11.8 Å². The molecule has 122 valence electrons. The molecule has 0 radical (unpaired) electrons. The van der Waals surface area contributed by atoms with Crippen LogP contribution in [0, 0.1) is 0 Å². The van der Waals surface area contributed by atoms with Gasteiger partial charge in [-0.3, -0.25) is 4.79 Å². The molecule has 0 aliphatic rings. The van der Waals surface area contributed by atoms with Crippen LogP contribution in [0.3, 0.4) is 0 Å². The summed E-state index contributed by atoms with van der Waals surface area (Å²) in [6.45, 7) is 0.637. The zero-order valence-electron chi connectivity index (χ0n) is 13.4. The maximum Gasteiger partial charge on any atom is 0.251 e. The van der Waals surface area contributed by atoms with Crippen molar-refractivity contribution in [3.63, 3.8) is 0 Å². The van der Waals surface area contributed by atoms with Gasteiger partial charge in [0, 0.05) is 23.1 Å². The van der Waals surface area contributed by atoms with E-state index in [2.05, 4.69) is 17.4 Å². The van der Waals surface area contributed by atoms with Crippen molar-refractivity contribution in [3.8, 4) is 11.5 Å². The predicted octanol–water partition coefficient (Wildman–Crippen LogP) is 3.62. The predicted molar refractivity (Wildman–Crippen MR) is 93.7 cm³/mol. The molecule has 0 atom stereocenters. The van der Waals surface area contributed by atoms with Crippen LogP contribution in [0.2, 0.25) is 0 Å². The Hall–Kier alpha value is -2.14. The lowest BCUT2D eigenvalue weighted by molar-refractivity contribution is 0.0953. The first-order valence-electron chi connectivity index (χ1n) is 7.42. The smallest absolute Gasteiger partial charge is 0.251 e. The van der Waals surface area contributed by atoms with E-state index < -0.39 is 0 Å². The quantitative estimate of drug-likeness (QED) is 0.593. The fourth-order valence-corrected chi connectivity index (χ4v) is 2.90. The van der Waals surface area contributed by atoms with E-state index in [-0.39, 0.29) is 5.91 Å². The monoisotopic (exact) mass is 331 g/mol. The molecule has 0 saturated heterocycles. The average molecular weight is 331 g/mol. The number of amides is 1. The molecule has 5 heteroatoms. The lowest BCUT2D eigenvalue weighted by Gasteiger charge is -2.09. The first-order chi connectivity index (χ1) is 11.2. The topological polar surface area (TPSA) is 47.6 Å². The summed E-state index contributed by atoms with van der Waals surface area (Å²) in [6.07, 6.45) is 0.909. The second-order valence-corrected chi connectivity index (χ2v) is 6.04. The van der Waals surface area contributed by atoms with E-state index in [0.717, 1.165) is 12.2 Å². The number of thioether (sulfide) groups is 1. The summed E-state index contributed by atoms with van der Waals surface area (Å²) in [5.74, 6) is 2.06. The van der Waals surface area contributed by atoms with E-state index in [1.54, 1.807) is 44.2 Å². The van der Waals surface area contributed by atoms with Crippen molar-refractivity contribution in [2.45, 2.75) is 11.3 Å². The van der Waals surface area contributed by atoms with Gasteiger partial charge in [-0.05, 0) is 36.4 Å². The Bertz CT molecular complexity index is 609. The van der Waals surface area contributed by atoms with Gasteiger partial charge in [-0.2, -0.15) is 0 Å². The van der Waals surface area contributed by atoms with Crippen molar-refractivity contribution in [1.82, 2.24) is 5.32 Å². The van der Waals surface area contributed by atoms with E-state index in [1.807, 2.05) is 18.2 Å². The maximum absolute atomic E-state index is 12.2. The van der Waals surface area contributed by atoms with Gasteiger partial charge in [-0.1, -0.05) is 18.2 Å². The number of ether oxygens (including phenoxy) is 2. The molecular weight excluding hydrogens is 310 g/mol. The van der Waals surface area contributed by atoms with Gasteiger partial charge >= 0.3 is 0 Å². The van der Waals surface area contributed by atoms with Gasteiger partial charge in [0.25, 0.3) is 5.91 Å². The highest BCUT2D eigenvalue weighted by Crippen LogP contribution is 2.22. The van der Waals surface area contributed by atoms with Gasteiger partial charge in [-0.15, -0.1) is 11.8 Å². The Kier molecular flexibility index (Phi) is 6.81. The van der Waals surface area contributed by atoms with Gasteiger partial charge in [0.05, 0.1) is 14.2 Å². The van der Waals surface area contributed by atoms with Crippen LogP contribution < -0.4 is 14.8 Å². The van der Waals surface area contributed by atoms with Crippen LogP contribution in [-0.2, 0) is 0 Å². The second kappa shape index (κ2) is 9.10. The van der Waals surface area contributed by atoms with E-state index in [1.165, 1.54) is 4.90 Å². The number of methoxy groups -OCH3 is 2. The Morgan fingerprint density at radius 2 is 1.70 bits per heavy atom. The minimum absolute atomic E-state index is 0.119. The Morgan fingerprint density at radius 3 is 2.30 bits per heavy atom. The fraction of sp³-hybridized carbons (Fsp3) is 0.278. The Morgan fingerprint density at radius 1 is 1.04 bits per heavy atom. The van der Waals surface area contributed by atoms with Gasteiger partial charge < -0.3 is 14.8 Å². The van der Waals surface area contributed by atoms with Gasteiger partial charge in [0.2, 0.25) is 0 Å². The fourth-order valence-electron chi connectivity index (χ4n) is 2.02. The zero-order chi connectivity index (χ0) is 16.5. The largest absolute Gasteiger partial charge is 0.497 e. The molecule has 2 aromatic carbocycles. The minimum atomic E-state index is -0.119. The molecule has 0 spiro atoms. The lowest BCUT2D eigenvalue weighted by Crippen LogP contribution is -2.24. The molecule has 2 rings (SSSR count). The van der Waals surface area contributed by atoms with Crippen molar-refractivity contribution in [1.29, 1.82) is 0 Å². The normalized spacial score (nSPS) is 10.2. The SMILES string of the molecule is COc1cc(OC)cc(C(=O)NCCCSc2ccccc2)c1. The first kappa shape index (κ1) is 17.2. The molecule has 0 bridgehead atoms. The molecule has 0 heterocycles. The summed E-state index contributed by atoms with van der Waals surface area (Å²) in [5, 5.41) is 2.92. The minimum Gasteiger partial charge on any atom is -0.497 e. The molecule has 1 amide bonds. The summed E-state index contributed by atoms with van der Waals surface area (Å²) in [4.78, 5) is 13.4. The summed E-state index contributed by atoms with van der Waals surface area (Å²) in [5.41, 5.74) is 0.539. The molecule has 0 aromatic heterocycles. The Balaban J connectivity index is 1.78. The number of benzene rings is 2. The van der Waals surface area contributed by atoms with Crippen molar-refractivity contribution >= 4 is 17.7 Å². The van der Waals surface area contributed by atoms with Crippen molar-refractivity contribution in [2.24, 2.45) is 0 Å². The van der Waals surface area contributed by atoms with E-state index in [9.17, 15) is 4.79 Å². The summed E-state index contributed by atoms with van der Waals surface area (Å²) >= 11 is 1.79. The number of carbonyl (C=O) groups excluding carboxylic acids is 1. The molecule has 0 saturated carbocycles. The molecule has 0 fully saturated rings. The molecule has 23 heavy (non-hydrogen) atoms. The maximum atomic E-state index is 12.2. The van der Waals surface area contributed by atoms with Crippen LogP contribution in [-0.4, -0.2) is 32.4 Å². The number of rotatable bonds is 8. The number of hydrogen-bond acceptors (Lipinski definition) is 4. The number of nitrogens with one attached hydrogen (secondary N) is 1. The highest BCUT2D eigenvalue weighted by molar-refractivity contribution is 7.99. The van der Waals surface area contributed by atoms with Crippen molar-refractivity contribution in [2.75, 3.05) is 26.5 Å². The summed E-state index contributed by atoms with van der Waals surface area (Å²) < 4.78 is 10.4. The third-order valence-corrected chi connectivity index (χ3v) is 4.33. The van der Waals surface area contributed by atoms with Crippen LogP contribution in [0.1, 0.15) is 16.8 Å². The highest BCUT2D eigenvalue weighted by atomic mass is 32.2. The van der Waals surface area contributed by atoms with Gasteiger partial charge in [-0.25, -0.2) is 0 Å². The van der Waals surface area contributed by atoms with Gasteiger partial charge in [0.1, 0.15) is 11.5 Å². The molecule has 0 aliphatic carbocycles. The van der Waals surface area contributed by atoms with E-state index in [0.29, 0.717) is 23.6 Å². The second-order valence-electron chi connectivity index (χ2n) is 4.87. The van der Waals surface area contributed by atoms with Crippen LogP contribution in [0.4, 0.5) is 0 Å². The molecule has 0 aliphatic heterocycles. The third kappa shape index (κ3) is 5.53. The highest BCUT2D eigenvalue weighted by Gasteiger charge is 2.09. The van der Waals surface area contributed by atoms with Crippen LogP contribution in [0.25, 0.3) is 0 Å². The lowest BCUT2D eigenvalue weighted by atomic mass is 10.2. The molecule has 4 nitrogen and oxygen atoms in total. The van der Waals surface area contributed by atoms with Crippen molar-refractivity contribution < 1.29 is 14.3 Å². The number of carbonyl (C=O) groups is 1. The molecule has 1 N–H and O–H groups in total. The van der Waals surface area contributed by atoms with Crippen LogP contribution in [0.5, 0.6) is 11.5 Å². The number of hydrogen-bond donors (Lipinski definition) is 1. The third-order valence-electron chi connectivity index (χ3n) is 3.23. The summed E-state index contributed by atoms with van der Waals surface area (Å²) in [7, 11) is 3.13. The van der Waals surface area contributed by atoms with Gasteiger partial charge in [0.15, 0.2) is 0 Å².